The third kappa shape index (κ3) is 4.19. The SMILES string of the molecule is CCCCCC/C(=C\C1(C)CCc2c(C)c(O)c(C)c(C)c2O1)[N+](=O)[O-]. The minimum atomic E-state index is -0.694. The topological polar surface area (TPSA) is 72.6 Å². The first kappa shape index (κ1) is 20.3. The van der Waals surface area contributed by atoms with Crippen LogP contribution in [0.2, 0.25) is 0 Å². The number of rotatable bonds is 7. The number of allylic oxidation sites excluding steroid dienone is 1. The molecule has 1 atom stereocenters. The second-order valence-corrected chi connectivity index (χ2v) is 7.65. The molecule has 26 heavy (non-hydrogen) atoms. The highest BCUT2D eigenvalue weighted by Crippen LogP contribution is 2.43. The van der Waals surface area contributed by atoms with Gasteiger partial charge in [0.05, 0.1) is 4.92 Å². The van der Waals surface area contributed by atoms with Crippen LogP contribution in [0.25, 0.3) is 0 Å². The number of benzene rings is 1. The van der Waals surface area contributed by atoms with E-state index in [1.54, 1.807) is 6.08 Å². The third-order valence-electron chi connectivity index (χ3n) is 5.54. The van der Waals surface area contributed by atoms with Crippen LogP contribution in [0.3, 0.4) is 0 Å². The summed E-state index contributed by atoms with van der Waals surface area (Å²) in [6.45, 7) is 9.75. The second-order valence-electron chi connectivity index (χ2n) is 7.65. The van der Waals surface area contributed by atoms with Gasteiger partial charge in [-0.15, -0.1) is 0 Å². The molecule has 0 aliphatic carbocycles. The number of hydrogen-bond donors (Lipinski definition) is 1. The zero-order valence-corrected chi connectivity index (χ0v) is 16.6. The van der Waals surface area contributed by atoms with Gasteiger partial charge in [-0.2, -0.15) is 0 Å². The smallest absolute Gasteiger partial charge is 0.246 e. The van der Waals surface area contributed by atoms with Gasteiger partial charge in [0.15, 0.2) is 0 Å². The van der Waals surface area contributed by atoms with Crippen LogP contribution in [0.5, 0.6) is 11.5 Å². The molecule has 0 amide bonds. The van der Waals surface area contributed by atoms with Crippen LogP contribution < -0.4 is 4.74 Å². The van der Waals surface area contributed by atoms with Crippen molar-refractivity contribution in [2.45, 2.75) is 85.2 Å². The maximum Gasteiger partial charge on any atom is 0.246 e. The van der Waals surface area contributed by atoms with Crippen molar-refractivity contribution < 1.29 is 14.8 Å². The van der Waals surface area contributed by atoms with Crippen LogP contribution in [0, 0.1) is 30.9 Å². The first-order valence-corrected chi connectivity index (χ1v) is 9.57. The lowest BCUT2D eigenvalue weighted by Gasteiger charge is -2.35. The molecule has 1 aliphatic rings. The standard InChI is InChI=1S/C21H31NO4/c1-6-7-8-9-10-17(22(24)25)13-21(5)12-11-18-16(4)19(23)14(2)15(3)20(18)26-21/h13,23H,6-12H2,1-5H3/b17-13+. The number of phenols is 1. The molecule has 1 unspecified atom stereocenters. The fraction of sp³-hybridized carbons (Fsp3) is 0.619. The first-order chi connectivity index (χ1) is 12.2. The number of ether oxygens (including phenoxy) is 1. The van der Waals surface area contributed by atoms with Gasteiger partial charge in [-0.25, -0.2) is 0 Å². The third-order valence-corrected chi connectivity index (χ3v) is 5.54. The van der Waals surface area contributed by atoms with E-state index in [0.29, 0.717) is 18.6 Å². The minimum absolute atomic E-state index is 0.247. The zero-order valence-electron chi connectivity index (χ0n) is 16.6. The molecule has 0 saturated carbocycles. The molecule has 0 aromatic heterocycles. The van der Waals surface area contributed by atoms with Crippen molar-refractivity contribution in [1.29, 1.82) is 0 Å². The summed E-state index contributed by atoms with van der Waals surface area (Å²) in [6, 6.07) is 0. The largest absolute Gasteiger partial charge is 0.507 e. The molecule has 1 aromatic carbocycles. The Hall–Kier alpha value is -2.04. The van der Waals surface area contributed by atoms with Gasteiger partial charge in [0.2, 0.25) is 5.70 Å². The minimum Gasteiger partial charge on any atom is -0.507 e. The molecule has 0 saturated heterocycles. The molecule has 1 aliphatic heterocycles. The fourth-order valence-corrected chi connectivity index (χ4v) is 3.67. The Morgan fingerprint density at radius 1 is 1.23 bits per heavy atom. The first-order valence-electron chi connectivity index (χ1n) is 9.57. The molecule has 0 bridgehead atoms. The van der Waals surface area contributed by atoms with Crippen molar-refractivity contribution in [3.63, 3.8) is 0 Å². The van der Waals surface area contributed by atoms with Crippen molar-refractivity contribution in [3.05, 3.63) is 44.1 Å². The predicted octanol–water partition coefficient (Wildman–Crippen LogP) is 5.53. The number of nitro groups is 1. The molecular formula is C21H31NO4. The summed E-state index contributed by atoms with van der Waals surface area (Å²) in [7, 11) is 0. The van der Waals surface area contributed by atoms with Crippen molar-refractivity contribution in [2.75, 3.05) is 0 Å². The van der Waals surface area contributed by atoms with Gasteiger partial charge in [0, 0.05) is 18.1 Å². The Labute approximate surface area is 156 Å². The summed E-state index contributed by atoms with van der Waals surface area (Å²) in [5.74, 6) is 1.10. The van der Waals surface area contributed by atoms with E-state index in [2.05, 4.69) is 6.92 Å². The highest BCUT2D eigenvalue weighted by Gasteiger charge is 2.35. The van der Waals surface area contributed by atoms with Gasteiger partial charge >= 0.3 is 0 Å². The van der Waals surface area contributed by atoms with Crippen molar-refractivity contribution in [2.24, 2.45) is 0 Å². The van der Waals surface area contributed by atoms with E-state index in [1.165, 1.54) is 0 Å². The van der Waals surface area contributed by atoms with E-state index in [0.717, 1.165) is 60.1 Å². The van der Waals surface area contributed by atoms with Crippen LogP contribution in [0.15, 0.2) is 11.8 Å². The van der Waals surface area contributed by atoms with Crippen LogP contribution in [-0.2, 0) is 6.42 Å². The maximum absolute atomic E-state index is 11.5. The summed E-state index contributed by atoms with van der Waals surface area (Å²) in [4.78, 5) is 11.2. The van der Waals surface area contributed by atoms with E-state index in [-0.39, 0.29) is 10.6 Å². The van der Waals surface area contributed by atoms with E-state index < -0.39 is 5.60 Å². The highest BCUT2D eigenvalue weighted by molar-refractivity contribution is 5.58. The summed E-state index contributed by atoms with van der Waals surface area (Å²) in [5, 5.41) is 21.8. The molecule has 0 fully saturated rings. The average molecular weight is 361 g/mol. The van der Waals surface area contributed by atoms with Crippen LogP contribution >= 0.6 is 0 Å². The number of unbranched alkanes of at least 4 members (excludes halogenated alkanes) is 3. The average Bonchev–Trinajstić information content (AvgIpc) is 2.60. The monoisotopic (exact) mass is 361 g/mol. The lowest BCUT2D eigenvalue weighted by atomic mass is 9.86. The second kappa shape index (κ2) is 8.11. The number of fused-ring (bicyclic) bond motifs is 1. The fourth-order valence-electron chi connectivity index (χ4n) is 3.67. The number of nitrogens with zero attached hydrogens (tertiary/aromatic N) is 1. The molecular weight excluding hydrogens is 330 g/mol. The molecule has 1 N–H and O–H groups in total. The molecule has 0 radical (unpaired) electrons. The zero-order chi connectivity index (χ0) is 19.5. The van der Waals surface area contributed by atoms with Crippen molar-refractivity contribution in [1.82, 2.24) is 0 Å². The Morgan fingerprint density at radius 3 is 2.54 bits per heavy atom. The van der Waals surface area contributed by atoms with Gasteiger partial charge in [-0.05, 0) is 63.6 Å². The predicted molar refractivity (Wildman–Crippen MR) is 104 cm³/mol. The van der Waals surface area contributed by atoms with Crippen LogP contribution in [0.1, 0.15) is 74.6 Å². The summed E-state index contributed by atoms with van der Waals surface area (Å²) in [6.07, 6.45) is 7.65. The van der Waals surface area contributed by atoms with Gasteiger partial charge in [0.1, 0.15) is 17.1 Å². The van der Waals surface area contributed by atoms with Gasteiger partial charge in [0.25, 0.3) is 0 Å². The van der Waals surface area contributed by atoms with E-state index >= 15 is 0 Å². The molecule has 5 heteroatoms. The van der Waals surface area contributed by atoms with Crippen molar-refractivity contribution in [3.8, 4) is 11.5 Å². The Bertz CT molecular complexity index is 723. The van der Waals surface area contributed by atoms with E-state index in [4.69, 9.17) is 4.74 Å². The lowest BCUT2D eigenvalue weighted by Crippen LogP contribution is -2.36. The van der Waals surface area contributed by atoms with Crippen LogP contribution in [0.4, 0.5) is 0 Å². The summed E-state index contributed by atoms with van der Waals surface area (Å²) < 4.78 is 6.28. The van der Waals surface area contributed by atoms with Gasteiger partial charge in [-0.1, -0.05) is 26.2 Å². The number of phenolic OH excluding ortho intramolecular Hbond substituents is 1. The quantitative estimate of drug-likeness (QED) is 0.393. The molecule has 5 nitrogen and oxygen atoms in total. The molecule has 2 rings (SSSR count). The normalized spacial score (nSPS) is 19.8. The summed E-state index contributed by atoms with van der Waals surface area (Å²) >= 11 is 0. The van der Waals surface area contributed by atoms with Crippen LogP contribution in [-0.4, -0.2) is 15.6 Å². The van der Waals surface area contributed by atoms with Gasteiger partial charge in [-0.3, -0.25) is 10.1 Å². The molecule has 1 heterocycles. The molecule has 1 aromatic rings. The number of aromatic hydroxyl groups is 1. The molecule has 0 spiro atoms. The van der Waals surface area contributed by atoms with Crippen molar-refractivity contribution >= 4 is 0 Å². The van der Waals surface area contributed by atoms with E-state index in [1.807, 2.05) is 27.7 Å². The molecule has 144 valence electrons. The maximum atomic E-state index is 11.5. The highest BCUT2D eigenvalue weighted by atomic mass is 16.6. The van der Waals surface area contributed by atoms with E-state index in [9.17, 15) is 15.2 Å². The summed E-state index contributed by atoms with van der Waals surface area (Å²) in [5.41, 5.74) is 3.14. The lowest BCUT2D eigenvalue weighted by molar-refractivity contribution is -0.429. The number of hydrogen-bond acceptors (Lipinski definition) is 4. The van der Waals surface area contributed by atoms with Gasteiger partial charge < -0.3 is 9.84 Å². The Kier molecular flexibility index (Phi) is 6.32. The Balaban J connectivity index is 2.30. The Morgan fingerprint density at radius 2 is 1.92 bits per heavy atom.